The Morgan fingerprint density at radius 1 is 1.00 bits per heavy atom. The van der Waals surface area contributed by atoms with E-state index in [1.165, 1.54) is 24.9 Å². The van der Waals surface area contributed by atoms with Crippen LogP contribution in [0.1, 0.15) is 42.1 Å². The minimum Gasteiger partial charge on any atom is -0.497 e. The van der Waals surface area contributed by atoms with E-state index in [0.717, 1.165) is 40.0 Å². The number of ether oxygens (including phenoxy) is 3. The topological polar surface area (TPSA) is 93.0 Å². The third-order valence-electron chi connectivity index (χ3n) is 8.24. The lowest BCUT2D eigenvalue weighted by molar-refractivity contribution is 0.135. The zero-order chi connectivity index (χ0) is 27.6. The monoisotopic (exact) mass is 540 g/mol. The van der Waals surface area contributed by atoms with Crippen molar-refractivity contribution in [2.45, 2.75) is 37.8 Å². The molecular formula is C32H36N4O4. The van der Waals surface area contributed by atoms with Crippen molar-refractivity contribution in [3.05, 3.63) is 83.6 Å². The molecule has 2 aliphatic rings. The van der Waals surface area contributed by atoms with Gasteiger partial charge in [-0.1, -0.05) is 12.1 Å². The van der Waals surface area contributed by atoms with Gasteiger partial charge >= 0.3 is 6.09 Å². The molecule has 0 saturated carbocycles. The molecular weight excluding hydrogens is 504 g/mol. The molecule has 1 aromatic heterocycles. The van der Waals surface area contributed by atoms with E-state index in [0.29, 0.717) is 37.1 Å². The second kappa shape index (κ2) is 11.1. The number of aromatic amines is 1. The number of fused-ring (bicyclic) bond motifs is 3. The summed E-state index contributed by atoms with van der Waals surface area (Å²) in [6.07, 6.45) is 3.82. The minimum absolute atomic E-state index is 0.343. The van der Waals surface area contributed by atoms with Gasteiger partial charge in [0.1, 0.15) is 23.3 Å². The smallest absolute Gasteiger partial charge is 0.416 e. The fourth-order valence-electron chi connectivity index (χ4n) is 6.06. The highest BCUT2D eigenvalue weighted by Crippen LogP contribution is 2.40. The molecule has 1 fully saturated rings. The number of amides is 1. The Bertz CT molecular complexity index is 1480. The third kappa shape index (κ3) is 5.19. The Kier molecular flexibility index (Phi) is 7.26. The maximum Gasteiger partial charge on any atom is 0.416 e. The van der Waals surface area contributed by atoms with Crippen molar-refractivity contribution in [2.75, 3.05) is 39.6 Å². The first-order valence-corrected chi connectivity index (χ1v) is 14.0. The van der Waals surface area contributed by atoms with Gasteiger partial charge in [0.15, 0.2) is 0 Å². The maximum absolute atomic E-state index is 13.6. The van der Waals surface area contributed by atoms with E-state index in [9.17, 15) is 4.79 Å². The molecule has 40 heavy (non-hydrogen) atoms. The van der Waals surface area contributed by atoms with Crippen molar-refractivity contribution in [3.63, 3.8) is 0 Å². The number of nitrogens with two attached hydrogens (primary N) is 1. The first kappa shape index (κ1) is 26.1. The highest BCUT2D eigenvalue weighted by Gasteiger charge is 2.36. The van der Waals surface area contributed by atoms with Crippen molar-refractivity contribution < 1.29 is 19.0 Å². The molecule has 2 unspecified atom stereocenters. The third-order valence-corrected chi connectivity index (χ3v) is 8.24. The number of nitrogens with one attached hydrogen (secondary N) is 1. The average Bonchev–Trinajstić information content (AvgIpc) is 3.55. The van der Waals surface area contributed by atoms with Crippen LogP contribution in [0, 0.1) is 0 Å². The molecule has 3 aromatic carbocycles. The molecule has 8 heteroatoms. The number of H-pyrrole nitrogens is 1. The summed E-state index contributed by atoms with van der Waals surface area (Å²) in [5.41, 5.74) is 11.0. The SMILES string of the molecule is COc1ccc(OC(=O)N2CCc3c([nH]c4ccc(N)cc34)C2c2ccc(OCCC3CCCN3C)cc2)cc1. The second-order valence-corrected chi connectivity index (χ2v) is 10.7. The van der Waals surface area contributed by atoms with Gasteiger partial charge in [0.25, 0.3) is 0 Å². The van der Waals surface area contributed by atoms with E-state index in [4.69, 9.17) is 19.9 Å². The molecule has 2 aliphatic heterocycles. The Morgan fingerprint density at radius 3 is 2.48 bits per heavy atom. The van der Waals surface area contributed by atoms with Crippen LogP contribution in [0.5, 0.6) is 17.2 Å². The number of aromatic nitrogens is 1. The van der Waals surface area contributed by atoms with E-state index in [1.807, 2.05) is 42.5 Å². The first-order chi connectivity index (χ1) is 19.5. The minimum atomic E-state index is -0.403. The predicted octanol–water partition coefficient (Wildman–Crippen LogP) is 5.77. The van der Waals surface area contributed by atoms with E-state index in [-0.39, 0.29) is 6.04 Å². The summed E-state index contributed by atoms with van der Waals surface area (Å²) in [6, 6.07) is 21.3. The number of anilines is 1. The van der Waals surface area contributed by atoms with Crippen LogP contribution in [-0.4, -0.2) is 60.8 Å². The van der Waals surface area contributed by atoms with Crippen LogP contribution in [0.3, 0.4) is 0 Å². The summed E-state index contributed by atoms with van der Waals surface area (Å²) >= 11 is 0. The summed E-state index contributed by atoms with van der Waals surface area (Å²) in [5.74, 6) is 2.00. The van der Waals surface area contributed by atoms with Crippen LogP contribution in [0.15, 0.2) is 66.7 Å². The van der Waals surface area contributed by atoms with Gasteiger partial charge in [-0.2, -0.15) is 0 Å². The van der Waals surface area contributed by atoms with Gasteiger partial charge < -0.3 is 29.8 Å². The molecule has 4 aromatic rings. The number of likely N-dealkylation sites (tertiary alicyclic amines) is 1. The summed E-state index contributed by atoms with van der Waals surface area (Å²) in [4.78, 5) is 21.3. The first-order valence-electron chi connectivity index (χ1n) is 14.0. The Hall–Kier alpha value is -4.17. The molecule has 8 nitrogen and oxygen atoms in total. The van der Waals surface area contributed by atoms with E-state index >= 15 is 0 Å². The van der Waals surface area contributed by atoms with Crippen molar-refractivity contribution in [2.24, 2.45) is 0 Å². The Labute approximate surface area is 234 Å². The summed E-state index contributed by atoms with van der Waals surface area (Å²) in [7, 11) is 3.80. The van der Waals surface area contributed by atoms with Crippen LogP contribution in [-0.2, 0) is 6.42 Å². The van der Waals surface area contributed by atoms with Gasteiger partial charge in [-0.25, -0.2) is 4.79 Å². The van der Waals surface area contributed by atoms with Gasteiger partial charge in [0.05, 0.1) is 13.7 Å². The van der Waals surface area contributed by atoms with E-state index in [2.05, 4.69) is 16.9 Å². The molecule has 0 aliphatic carbocycles. The summed E-state index contributed by atoms with van der Waals surface area (Å²) in [6.45, 7) is 2.37. The number of hydrogen-bond donors (Lipinski definition) is 2. The van der Waals surface area contributed by atoms with Crippen molar-refractivity contribution in [1.29, 1.82) is 0 Å². The van der Waals surface area contributed by atoms with Crippen molar-refractivity contribution in [1.82, 2.24) is 14.8 Å². The van der Waals surface area contributed by atoms with Gasteiger partial charge in [0, 0.05) is 34.9 Å². The molecule has 2 atom stereocenters. The molecule has 1 saturated heterocycles. The fourth-order valence-corrected chi connectivity index (χ4v) is 6.06. The Morgan fingerprint density at radius 2 is 1.75 bits per heavy atom. The molecule has 0 bridgehead atoms. The van der Waals surface area contributed by atoms with E-state index in [1.54, 1.807) is 36.3 Å². The zero-order valence-electron chi connectivity index (χ0n) is 23.1. The number of hydrogen-bond acceptors (Lipinski definition) is 6. The van der Waals surface area contributed by atoms with Crippen LogP contribution in [0.4, 0.5) is 10.5 Å². The molecule has 208 valence electrons. The number of carbonyl (C=O) groups excluding carboxylic acids is 1. The average molecular weight is 541 g/mol. The van der Waals surface area contributed by atoms with Crippen LogP contribution in [0.2, 0.25) is 0 Å². The quantitative estimate of drug-likeness (QED) is 0.289. The Balaban J connectivity index is 1.26. The molecule has 1 amide bonds. The maximum atomic E-state index is 13.6. The van der Waals surface area contributed by atoms with Crippen molar-refractivity contribution in [3.8, 4) is 17.2 Å². The molecule has 6 rings (SSSR count). The summed E-state index contributed by atoms with van der Waals surface area (Å²) in [5, 5.41) is 1.10. The number of carbonyl (C=O) groups is 1. The van der Waals surface area contributed by atoms with Gasteiger partial charge in [-0.05, 0) is 105 Å². The number of benzene rings is 3. The van der Waals surface area contributed by atoms with E-state index < -0.39 is 6.09 Å². The number of nitrogen functional groups attached to an aromatic ring is 1. The molecule has 0 spiro atoms. The normalized spacial score (nSPS) is 19.0. The number of methoxy groups -OCH3 is 1. The lowest BCUT2D eigenvalue weighted by atomic mass is 9.92. The largest absolute Gasteiger partial charge is 0.497 e. The fraction of sp³-hybridized carbons (Fsp3) is 0.344. The van der Waals surface area contributed by atoms with Gasteiger partial charge in [0.2, 0.25) is 0 Å². The molecule has 0 radical (unpaired) electrons. The highest BCUT2D eigenvalue weighted by molar-refractivity contribution is 5.88. The molecule has 3 heterocycles. The van der Waals surface area contributed by atoms with Crippen molar-refractivity contribution >= 4 is 22.7 Å². The zero-order valence-corrected chi connectivity index (χ0v) is 23.1. The number of nitrogens with zero attached hydrogens (tertiary/aromatic N) is 2. The standard InChI is InChI=1S/C32H36N4O4/c1-35-17-3-4-23(35)16-19-39-25-8-5-21(6-9-25)31-30-27(28-20-22(33)7-14-29(28)34-30)15-18-36(31)32(37)40-26-12-10-24(38-2)11-13-26/h5-14,20,23,31,34H,3-4,15-19,33H2,1-2H3. The van der Waals surface area contributed by atoms with Crippen LogP contribution >= 0.6 is 0 Å². The van der Waals surface area contributed by atoms with Gasteiger partial charge in [-0.3, -0.25) is 4.90 Å². The number of rotatable bonds is 7. The van der Waals surface area contributed by atoms with Crippen LogP contribution < -0.4 is 19.9 Å². The lowest BCUT2D eigenvalue weighted by Gasteiger charge is -2.35. The molecule has 3 N–H and O–H groups in total. The highest BCUT2D eigenvalue weighted by atomic mass is 16.6. The van der Waals surface area contributed by atoms with Gasteiger partial charge in [-0.15, -0.1) is 0 Å². The second-order valence-electron chi connectivity index (χ2n) is 10.7. The lowest BCUT2D eigenvalue weighted by Crippen LogP contribution is -2.42. The van der Waals surface area contributed by atoms with Crippen LogP contribution in [0.25, 0.3) is 10.9 Å². The predicted molar refractivity (Wildman–Crippen MR) is 156 cm³/mol. The summed E-state index contributed by atoms with van der Waals surface area (Å²) < 4.78 is 17.1.